The van der Waals surface area contributed by atoms with Crippen molar-refractivity contribution < 1.29 is 9.53 Å². The maximum absolute atomic E-state index is 12.6. The van der Waals surface area contributed by atoms with Gasteiger partial charge >= 0.3 is 0 Å². The van der Waals surface area contributed by atoms with Crippen molar-refractivity contribution in [2.75, 3.05) is 11.9 Å². The molecule has 3 aromatic carbocycles. The van der Waals surface area contributed by atoms with Gasteiger partial charge in [-0.25, -0.2) is 0 Å². The highest BCUT2D eigenvalue weighted by atomic mass is 35.5. The number of nitrogens with one attached hydrogen (secondary N) is 1. The lowest BCUT2D eigenvalue weighted by molar-refractivity contribution is 0.102. The monoisotopic (exact) mass is 431 g/mol. The molecule has 0 atom stereocenters. The summed E-state index contributed by atoms with van der Waals surface area (Å²) in [5.41, 5.74) is 2.23. The Morgan fingerprint density at radius 2 is 1.61 bits per heavy atom. The van der Waals surface area contributed by atoms with E-state index < -0.39 is 0 Å². The van der Waals surface area contributed by atoms with Crippen LogP contribution in [0.4, 0.5) is 5.69 Å². The first kappa shape index (κ1) is 20.6. The fraction of sp³-hybridized carbons (Fsp3) is 0.136. The molecule has 0 aliphatic heterocycles. The predicted octanol–water partition coefficient (Wildman–Crippen LogP) is 6.94. The van der Waals surface area contributed by atoms with E-state index in [1.165, 1.54) is 0 Å². The molecule has 3 rings (SSSR count). The van der Waals surface area contributed by atoms with Crippen molar-refractivity contribution >= 4 is 46.6 Å². The number of carbonyl (C=O) groups excluding carboxylic acids is 1. The van der Waals surface area contributed by atoms with Crippen LogP contribution in [0.5, 0.6) is 5.75 Å². The van der Waals surface area contributed by atoms with Gasteiger partial charge in [-0.2, -0.15) is 0 Å². The molecular formula is C22H19Cl2NO2S. The molecule has 6 heteroatoms. The molecule has 0 bridgehead atoms. The SMILES string of the molecule is CCOc1ccc(C(=O)Nc2ccc(Cl)cc2)cc1CSc1ccc(Cl)cc1. The summed E-state index contributed by atoms with van der Waals surface area (Å²) in [6.45, 7) is 2.51. The number of anilines is 1. The molecule has 0 fully saturated rings. The van der Waals surface area contributed by atoms with Crippen molar-refractivity contribution in [2.24, 2.45) is 0 Å². The van der Waals surface area contributed by atoms with Crippen LogP contribution in [0.15, 0.2) is 71.6 Å². The number of hydrogen-bond donors (Lipinski definition) is 1. The highest BCUT2D eigenvalue weighted by Gasteiger charge is 2.12. The summed E-state index contributed by atoms with van der Waals surface area (Å²) in [5.74, 6) is 1.29. The van der Waals surface area contributed by atoms with E-state index in [1.807, 2.05) is 43.3 Å². The molecule has 0 saturated carbocycles. The fourth-order valence-corrected chi connectivity index (χ4v) is 3.69. The van der Waals surface area contributed by atoms with Crippen LogP contribution in [-0.2, 0) is 5.75 Å². The summed E-state index contributed by atoms with van der Waals surface area (Å²) in [6.07, 6.45) is 0. The number of rotatable bonds is 7. The quantitative estimate of drug-likeness (QED) is 0.411. The summed E-state index contributed by atoms with van der Waals surface area (Å²) < 4.78 is 5.73. The molecular weight excluding hydrogens is 413 g/mol. The summed E-state index contributed by atoms with van der Waals surface area (Å²) in [5, 5.41) is 4.22. The van der Waals surface area contributed by atoms with Crippen molar-refractivity contribution in [2.45, 2.75) is 17.6 Å². The lowest BCUT2D eigenvalue weighted by Crippen LogP contribution is -2.12. The zero-order chi connectivity index (χ0) is 19.9. The minimum absolute atomic E-state index is 0.178. The number of carbonyl (C=O) groups is 1. The van der Waals surface area contributed by atoms with Crippen LogP contribution in [0.25, 0.3) is 0 Å². The third kappa shape index (κ3) is 5.68. The van der Waals surface area contributed by atoms with Gasteiger partial charge in [-0.3, -0.25) is 4.79 Å². The highest BCUT2D eigenvalue weighted by Crippen LogP contribution is 2.30. The second-order valence-electron chi connectivity index (χ2n) is 5.96. The standard InChI is InChI=1S/C22H19Cl2NO2S/c1-2-27-21-12-3-15(22(26)25-19-8-4-17(23)5-9-19)13-16(21)14-28-20-10-6-18(24)7-11-20/h3-13H,2,14H2,1H3,(H,25,26). The molecule has 0 radical (unpaired) electrons. The van der Waals surface area contributed by atoms with Crippen molar-refractivity contribution in [1.82, 2.24) is 0 Å². The Balaban J connectivity index is 1.76. The zero-order valence-corrected chi connectivity index (χ0v) is 17.6. The summed E-state index contributed by atoms with van der Waals surface area (Å²) >= 11 is 13.5. The molecule has 0 aromatic heterocycles. The largest absolute Gasteiger partial charge is 0.494 e. The van der Waals surface area contributed by atoms with Gasteiger partial charge in [0.15, 0.2) is 0 Å². The second kappa shape index (κ2) is 9.87. The third-order valence-corrected chi connectivity index (χ3v) is 5.50. The van der Waals surface area contributed by atoms with E-state index >= 15 is 0 Å². The number of hydrogen-bond acceptors (Lipinski definition) is 3. The molecule has 0 heterocycles. The number of amides is 1. The first-order valence-electron chi connectivity index (χ1n) is 8.76. The molecule has 3 nitrogen and oxygen atoms in total. The van der Waals surface area contributed by atoms with E-state index in [9.17, 15) is 4.79 Å². The van der Waals surface area contributed by atoms with Crippen molar-refractivity contribution in [3.63, 3.8) is 0 Å². The highest BCUT2D eigenvalue weighted by molar-refractivity contribution is 7.98. The minimum atomic E-state index is -0.178. The van der Waals surface area contributed by atoms with E-state index in [2.05, 4.69) is 5.32 Å². The topological polar surface area (TPSA) is 38.3 Å². The molecule has 0 unspecified atom stereocenters. The van der Waals surface area contributed by atoms with Crippen LogP contribution in [0.2, 0.25) is 10.0 Å². The molecule has 0 aliphatic carbocycles. The van der Waals surface area contributed by atoms with Crippen LogP contribution >= 0.6 is 35.0 Å². The van der Waals surface area contributed by atoms with Crippen LogP contribution in [0, 0.1) is 0 Å². The summed E-state index contributed by atoms with van der Waals surface area (Å²) in [6, 6.07) is 20.2. The Bertz CT molecular complexity index is 944. The van der Waals surface area contributed by atoms with Crippen molar-refractivity contribution in [3.05, 3.63) is 87.9 Å². The Morgan fingerprint density at radius 3 is 2.25 bits per heavy atom. The van der Waals surface area contributed by atoms with Crippen molar-refractivity contribution in [1.29, 1.82) is 0 Å². The second-order valence-corrected chi connectivity index (χ2v) is 7.88. The van der Waals surface area contributed by atoms with Gasteiger partial charge in [0.2, 0.25) is 0 Å². The van der Waals surface area contributed by atoms with Crippen LogP contribution in [0.3, 0.4) is 0 Å². The normalized spacial score (nSPS) is 10.5. The summed E-state index contributed by atoms with van der Waals surface area (Å²) in [7, 11) is 0. The number of ether oxygens (including phenoxy) is 1. The predicted molar refractivity (Wildman–Crippen MR) is 118 cm³/mol. The molecule has 144 valence electrons. The van der Waals surface area contributed by atoms with Gasteiger partial charge in [0.1, 0.15) is 5.75 Å². The number of benzene rings is 3. The molecule has 0 aliphatic rings. The molecule has 1 N–H and O–H groups in total. The molecule has 3 aromatic rings. The molecule has 1 amide bonds. The van der Waals surface area contributed by atoms with Gasteiger partial charge in [0.05, 0.1) is 6.61 Å². The zero-order valence-electron chi connectivity index (χ0n) is 15.2. The smallest absolute Gasteiger partial charge is 0.255 e. The lowest BCUT2D eigenvalue weighted by atomic mass is 10.1. The first-order valence-corrected chi connectivity index (χ1v) is 10.5. The number of thioether (sulfide) groups is 1. The van der Waals surface area contributed by atoms with Gasteiger partial charge in [-0.1, -0.05) is 23.2 Å². The average molecular weight is 432 g/mol. The molecule has 0 saturated heterocycles. The maximum Gasteiger partial charge on any atom is 0.255 e. The van der Waals surface area contributed by atoms with E-state index in [1.54, 1.807) is 42.1 Å². The summed E-state index contributed by atoms with van der Waals surface area (Å²) in [4.78, 5) is 13.7. The Labute approximate surface area is 179 Å². The van der Waals surface area contributed by atoms with Gasteiger partial charge in [0, 0.05) is 37.5 Å². The Hall–Kier alpha value is -2.14. The number of halogens is 2. The Morgan fingerprint density at radius 1 is 0.964 bits per heavy atom. The van der Waals surface area contributed by atoms with E-state index in [4.69, 9.17) is 27.9 Å². The third-order valence-electron chi connectivity index (χ3n) is 3.93. The fourth-order valence-electron chi connectivity index (χ4n) is 2.56. The Kier molecular flexibility index (Phi) is 7.26. The van der Waals surface area contributed by atoms with Crippen LogP contribution in [0.1, 0.15) is 22.8 Å². The van der Waals surface area contributed by atoms with E-state index in [0.717, 1.165) is 16.2 Å². The molecule has 0 spiro atoms. The maximum atomic E-state index is 12.6. The van der Waals surface area contributed by atoms with Crippen LogP contribution < -0.4 is 10.1 Å². The van der Waals surface area contributed by atoms with Gasteiger partial charge in [-0.15, -0.1) is 11.8 Å². The first-order chi connectivity index (χ1) is 13.5. The van der Waals surface area contributed by atoms with Crippen LogP contribution in [-0.4, -0.2) is 12.5 Å². The lowest BCUT2D eigenvalue weighted by Gasteiger charge is -2.12. The van der Waals surface area contributed by atoms with Gasteiger partial charge in [-0.05, 0) is 73.7 Å². The van der Waals surface area contributed by atoms with Gasteiger partial charge < -0.3 is 10.1 Å². The average Bonchev–Trinajstić information content (AvgIpc) is 2.70. The van der Waals surface area contributed by atoms with E-state index in [-0.39, 0.29) is 5.91 Å². The minimum Gasteiger partial charge on any atom is -0.494 e. The van der Waals surface area contributed by atoms with E-state index in [0.29, 0.717) is 33.7 Å². The molecule has 28 heavy (non-hydrogen) atoms. The van der Waals surface area contributed by atoms with Crippen molar-refractivity contribution in [3.8, 4) is 5.75 Å². The van der Waals surface area contributed by atoms with Gasteiger partial charge in [0.25, 0.3) is 5.91 Å².